The smallest absolute Gasteiger partial charge is 0.124 e. The first-order chi connectivity index (χ1) is 9.06. The van der Waals surface area contributed by atoms with Crippen molar-refractivity contribution in [3.05, 3.63) is 63.9 Å². The van der Waals surface area contributed by atoms with E-state index in [1.807, 2.05) is 31.2 Å². The molecule has 0 unspecified atom stereocenters. The molecule has 0 aliphatic carbocycles. The molecule has 0 aromatic heterocycles. The summed E-state index contributed by atoms with van der Waals surface area (Å²) in [6.07, 6.45) is 0. The van der Waals surface area contributed by atoms with Crippen LogP contribution in [0.25, 0.3) is 0 Å². The molecule has 0 heterocycles. The molecule has 0 aliphatic heterocycles. The van der Waals surface area contributed by atoms with Gasteiger partial charge in [-0.15, -0.1) is 0 Å². The quantitative estimate of drug-likeness (QED) is 0.915. The minimum atomic E-state index is -0.260. The predicted octanol–water partition coefficient (Wildman–Crippen LogP) is 4.19. The highest BCUT2D eigenvalue weighted by atomic mass is 79.9. The fraction of sp³-hybridized carbons (Fsp3) is 0.200. The van der Waals surface area contributed by atoms with Crippen LogP contribution in [0.5, 0.6) is 5.75 Å². The molecule has 1 atom stereocenters. The van der Waals surface area contributed by atoms with Crippen LogP contribution < -0.4 is 10.5 Å². The van der Waals surface area contributed by atoms with Crippen molar-refractivity contribution in [3.63, 3.8) is 0 Å². The summed E-state index contributed by atoms with van der Waals surface area (Å²) >= 11 is 3.41. The van der Waals surface area contributed by atoms with Gasteiger partial charge in [-0.1, -0.05) is 28.1 Å². The number of halogens is 2. The fourth-order valence-electron chi connectivity index (χ4n) is 1.79. The van der Waals surface area contributed by atoms with Crippen LogP contribution in [0.2, 0.25) is 0 Å². The Morgan fingerprint density at radius 1 is 1.26 bits per heavy atom. The van der Waals surface area contributed by atoms with Crippen molar-refractivity contribution in [1.82, 2.24) is 0 Å². The molecule has 2 aromatic rings. The van der Waals surface area contributed by atoms with Crippen LogP contribution in [-0.4, -0.2) is 0 Å². The number of hydrogen-bond donors (Lipinski definition) is 1. The normalized spacial score (nSPS) is 12.2. The summed E-state index contributed by atoms with van der Waals surface area (Å²) in [5.74, 6) is 0.465. The lowest BCUT2D eigenvalue weighted by atomic mass is 10.1. The molecule has 0 amide bonds. The lowest BCUT2D eigenvalue weighted by molar-refractivity contribution is 0.301. The maximum Gasteiger partial charge on any atom is 0.124 e. The minimum Gasteiger partial charge on any atom is -0.489 e. The SMILES string of the molecule is C[C@@H](N)c1cc(Br)ccc1OCc1cccc(F)c1. The summed E-state index contributed by atoms with van der Waals surface area (Å²) in [4.78, 5) is 0. The third-order valence-corrected chi connectivity index (χ3v) is 3.24. The van der Waals surface area contributed by atoms with Gasteiger partial charge in [0.2, 0.25) is 0 Å². The van der Waals surface area contributed by atoms with E-state index in [1.165, 1.54) is 12.1 Å². The second-order valence-electron chi connectivity index (χ2n) is 4.39. The van der Waals surface area contributed by atoms with Crippen molar-refractivity contribution in [2.75, 3.05) is 0 Å². The molecule has 0 aliphatic rings. The molecule has 0 fully saturated rings. The van der Waals surface area contributed by atoms with Gasteiger partial charge in [0, 0.05) is 16.1 Å². The Labute approximate surface area is 120 Å². The molecule has 19 heavy (non-hydrogen) atoms. The van der Waals surface area contributed by atoms with E-state index in [-0.39, 0.29) is 11.9 Å². The molecule has 4 heteroatoms. The first-order valence-electron chi connectivity index (χ1n) is 5.98. The van der Waals surface area contributed by atoms with Gasteiger partial charge < -0.3 is 10.5 Å². The number of rotatable bonds is 4. The van der Waals surface area contributed by atoms with Crippen molar-refractivity contribution in [3.8, 4) is 5.75 Å². The molecule has 2 aromatic carbocycles. The molecule has 0 bridgehead atoms. The zero-order chi connectivity index (χ0) is 13.8. The van der Waals surface area contributed by atoms with E-state index < -0.39 is 0 Å². The average molecular weight is 324 g/mol. The van der Waals surface area contributed by atoms with Gasteiger partial charge in [-0.25, -0.2) is 4.39 Å². The van der Waals surface area contributed by atoms with Gasteiger partial charge in [-0.3, -0.25) is 0 Å². The summed E-state index contributed by atoms with van der Waals surface area (Å²) in [7, 11) is 0. The van der Waals surface area contributed by atoms with Crippen molar-refractivity contribution in [1.29, 1.82) is 0 Å². The fourth-order valence-corrected chi connectivity index (χ4v) is 2.17. The highest BCUT2D eigenvalue weighted by Crippen LogP contribution is 2.28. The Hall–Kier alpha value is -1.39. The van der Waals surface area contributed by atoms with Gasteiger partial charge >= 0.3 is 0 Å². The van der Waals surface area contributed by atoms with Crippen LogP contribution >= 0.6 is 15.9 Å². The number of benzene rings is 2. The molecule has 0 spiro atoms. The van der Waals surface area contributed by atoms with Crippen molar-refractivity contribution in [2.24, 2.45) is 5.73 Å². The first kappa shape index (κ1) is 14.0. The summed E-state index contributed by atoms with van der Waals surface area (Å²) in [5.41, 5.74) is 7.63. The second kappa shape index (κ2) is 6.17. The van der Waals surface area contributed by atoms with Gasteiger partial charge in [0.05, 0.1) is 0 Å². The molecular formula is C15H15BrFNO. The Bertz CT molecular complexity index is 572. The lowest BCUT2D eigenvalue weighted by Gasteiger charge is -2.14. The van der Waals surface area contributed by atoms with E-state index in [2.05, 4.69) is 15.9 Å². The maximum absolute atomic E-state index is 13.1. The lowest BCUT2D eigenvalue weighted by Crippen LogP contribution is -2.08. The third kappa shape index (κ3) is 3.78. The average Bonchev–Trinajstić information content (AvgIpc) is 2.37. The summed E-state index contributed by atoms with van der Waals surface area (Å²) in [6, 6.07) is 11.9. The largest absolute Gasteiger partial charge is 0.489 e. The zero-order valence-electron chi connectivity index (χ0n) is 10.6. The van der Waals surface area contributed by atoms with Crippen molar-refractivity contribution < 1.29 is 9.13 Å². The van der Waals surface area contributed by atoms with E-state index in [9.17, 15) is 4.39 Å². The van der Waals surface area contributed by atoms with Gasteiger partial charge in [0.15, 0.2) is 0 Å². The molecular weight excluding hydrogens is 309 g/mol. The topological polar surface area (TPSA) is 35.2 Å². The summed E-state index contributed by atoms with van der Waals surface area (Å²) in [6.45, 7) is 2.22. The second-order valence-corrected chi connectivity index (χ2v) is 5.31. The molecule has 2 N–H and O–H groups in total. The van der Waals surface area contributed by atoms with Gasteiger partial charge in [0.1, 0.15) is 18.2 Å². The van der Waals surface area contributed by atoms with Crippen LogP contribution in [0, 0.1) is 5.82 Å². The summed E-state index contributed by atoms with van der Waals surface area (Å²) in [5, 5.41) is 0. The highest BCUT2D eigenvalue weighted by Gasteiger charge is 2.09. The standard InChI is InChI=1S/C15H15BrFNO/c1-10(18)14-8-12(16)5-6-15(14)19-9-11-3-2-4-13(17)7-11/h2-8,10H,9,18H2,1H3/t10-/m1/s1. The number of nitrogens with two attached hydrogens (primary N) is 1. The third-order valence-electron chi connectivity index (χ3n) is 2.75. The van der Waals surface area contributed by atoms with E-state index in [1.54, 1.807) is 6.07 Å². The molecule has 2 nitrogen and oxygen atoms in total. The van der Waals surface area contributed by atoms with E-state index >= 15 is 0 Å². The molecule has 0 radical (unpaired) electrons. The maximum atomic E-state index is 13.1. The Kier molecular flexibility index (Phi) is 4.56. The molecule has 0 saturated carbocycles. The molecule has 0 saturated heterocycles. The minimum absolute atomic E-state index is 0.125. The van der Waals surface area contributed by atoms with Crippen LogP contribution in [0.1, 0.15) is 24.1 Å². The monoisotopic (exact) mass is 323 g/mol. The van der Waals surface area contributed by atoms with E-state index in [0.29, 0.717) is 6.61 Å². The van der Waals surface area contributed by atoms with Crippen LogP contribution in [0.3, 0.4) is 0 Å². The van der Waals surface area contributed by atoms with E-state index in [4.69, 9.17) is 10.5 Å². The van der Waals surface area contributed by atoms with Gasteiger partial charge in [-0.05, 0) is 42.8 Å². The first-order valence-corrected chi connectivity index (χ1v) is 6.78. The summed E-state index contributed by atoms with van der Waals surface area (Å²) < 4.78 is 19.8. The molecule has 100 valence electrons. The van der Waals surface area contributed by atoms with Gasteiger partial charge in [0.25, 0.3) is 0 Å². The van der Waals surface area contributed by atoms with Crippen LogP contribution in [0.4, 0.5) is 4.39 Å². The van der Waals surface area contributed by atoms with Crippen LogP contribution in [0.15, 0.2) is 46.9 Å². The number of ether oxygens (including phenoxy) is 1. The van der Waals surface area contributed by atoms with Gasteiger partial charge in [-0.2, -0.15) is 0 Å². The Balaban J connectivity index is 2.15. The van der Waals surface area contributed by atoms with Crippen LogP contribution in [-0.2, 0) is 6.61 Å². The Morgan fingerprint density at radius 3 is 2.74 bits per heavy atom. The number of hydrogen-bond acceptors (Lipinski definition) is 2. The zero-order valence-corrected chi connectivity index (χ0v) is 12.2. The van der Waals surface area contributed by atoms with Crippen molar-refractivity contribution >= 4 is 15.9 Å². The molecule has 2 rings (SSSR count). The predicted molar refractivity (Wildman–Crippen MR) is 77.5 cm³/mol. The Morgan fingerprint density at radius 2 is 2.05 bits per heavy atom. The van der Waals surface area contributed by atoms with E-state index in [0.717, 1.165) is 21.3 Å². The van der Waals surface area contributed by atoms with Crippen molar-refractivity contribution in [2.45, 2.75) is 19.6 Å². The highest BCUT2D eigenvalue weighted by molar-refractivity contribution is 9.10.